The molecule has 8 nitrogen and oxygen atoms in total. The van der Waals surface area contributed by atoms with Crippen molar-refractivity contribution in [2.45, 2.75) is 25.1 Å². The SMILES string of the molecule is O=C(N[C@H]1C[C@@H](O)CN(Cc2ccc(-c3ccn[nH]3)o2)C1)c1ccncc1. The molecule has 0 aromatic carbocycles. The molecule has 140 valence electrons. The molecule has 3 aromatic rings. The Bertz CT molecular complexity index is 878. The summed E-state index contributed by atoms with van der Waals surface area (Å²) in [6.45, 7) is 1.75. The van der Waals surface area contributed by atoms with Crippen molar-refractivity contribution < 1.29 is 14.3 Å². The number of hydrogen-bond donors (Lipinski definition) is 3. The molecule has 4 rings (SSSR count). The molecule has 0 saturated carbocycles. The van der Waals surface area contributed by atoms with E-state index in [0.29, 0.717) is 31.6 Å². The van der Waals surface area contributed by atoms with E-state index < -0.39 is 6.10 Å². The van der Waals surface area contributed by atoms with Crippen molar-refractivity contribution in [2.24, 2.45) is 0 Å². The number of β-amino-alcohol motifs (C(OH)–C–C–N with tert-alkyl or cyclic N) is 1. The van der Waals surface area contributed by atoms with E-state index in [1.165, 1.54) is 0 Å². The average Bonchev–Trinajstić information content (AvgIpc) is 3.33. The zero-order chi connectivity index (χ0) is 18.6. The Labute approximate surface area is 156 Å². The van der Waals surface area contributed by atoms with Crippen LogP contribution in [0.3, 0.4) is 0 Å². The zero-order valence-corrected chi connectivity index (χ0v) is 14.7. The van der Waals surface area contributed by atoms with Gasteiger partial charge in [-0.15, -0.1) is 0 Å². The summed E-state index contributed by atoms with van der Waals surface area (Å²) in [7, 11) is 0. The second-order valence-electron chi connectivity index (χ2n) is 6.73. The van der Waals surface area contributed by atoms with Gasteiger partial charge in [-0.1, -0.05) is 0 Å². The number of aliphatic hydroxyl groups excluding tert-OH is 1. The van der Waals surface area contributed by atoms with E-state index in [4.69, 9.17) is 4.42 Å². The van der Waals surface area contributed by atoms with Crippen LogP contribution in [0.15, 0.2) is 53.3 Å². The number of carbonyl (C=O) groups excluding carboxylic acids is 1. The summed E-state index contributed by atoms with van der Waals surface area (Å²) >= 11 is 0. The van der Waals surface area contributed by atoms with Crippen LogP contribution >= 0.6 is 0 Å². The number of aromatic amines is 1. The molecular weight excluding hydrogens is 346 g/mol. The number of amides is 1. The highest BCUT2D eigenvalue weighted by molar-refractivity contribution is 5.94. The molecule has 0 unspecified atom stereocenters. The summed E-state index contributed by atoms with van der Waals surface area (Å²) in [5, 5.41) is 20.0. The van der Waals surface area contributed by atoms with Crippen molar-refractivity contribution in [1.29, 1.82) is 0 Å². The van der Waals surface area contributed by atoms with E-state index in [-0.39, 0.29) is 11.9 Å². The van der Waals surface area contributed by atoms with Crippen LogP contribution in [0.4, 0.5) is 0 Å². The lowest BCUT2D eigenvalue weighted by molar-refractivity contribution is 0.0433. The molecule has 0 spiro atoms. The maximum absolute atomic E-state index is 12.4. The van der Waals surface area contributed by atoms with E-state index >= 15 is 0 Å². The molecule has 0 aliphatic carbocycles. The molecule has 1 aliphatic rings. The van der Waals surface area contributed by atoms with Crippen LogP contribution in [0.2, 0.25) is 0 Å². The number of nitrogens with zero attached hydrogens (tertiary/aromatic N) is 3. The highest BCUT2D eigenvalue weighted by atomic mass is 16.3. The molecule has 3 aromatic heterocycles. The van der Waals surface area contributed by atoms with E-state index in [2.05, 4.69) is 25.4 Å². The standard InChI is InChI=1S/C19H21N5O3/c25-15-9-14(22-19(26)13-3-6-20-7-4-13)10-24(11-15)12-16-1-2-18(27-16)17-5-8-21-23-17/h1-8,14-15,25H,9-12H2,(H,21,23)(H,22,26)/t14-,15+/m0/s1. The highest BCUT2D eigenvalue weighted by Crippen LogP contribution is 2.22. The number of piperidine rings is 1. The third-order valence-corrected chi connectivity index (χ3v) is 4.59. The Morgan fingerprint density at radius 2 is 2.07 bits per heavy atom. The van der Waals surface area contributed by atoms with Crippen LogP contribution in [0.1, 0.15) is 22.5 Å². The second-order valence-corrected chi connectivity index (χ2v) is 6.73. The van der Waals surface area contributed by atoms with Crippen molar-refractivity contribution in [1.82, 2.24) is 25.4 Å². The number of aromatic nitrogens is 3. The molecule has 3 N–H and O–H groups in total. The van der Waals surface area contributed by atoms with Crippen molar-refractivity contribution >= 4 is 5.91 Å². The molecule has 2 atom stereocenters. The predicted molar refractivity (Wildman–Crippen MR) is 97.7 cm³/mol. The number of furan rings is 1. The third-order valence-electron chi connectivity index (χ3n) is 4.59. The van der Waals surface area contributed by atoms with Crippen LogP contribution in [0.25, 0.3) is 11.5 Å². The first-order chi connectivity index (χ1) is 13.2. The fourth-order valence-corrected chi connectivity index (χ4v) is 3.39. The van der Waals surface area contributed by atoms with Crippen molar-refractivity contribution in [3.63, 3.8) is 0 Å². The average molecular weight is 367 g/mol. The molecule has 27 heavy (non-hydrogen) atoms. The molecule has 0 radical (unpaired) electrons. The largest absolute Gasteiger partial charge is 0.458 e. The van der Waals surface area contributed by atoms with Crippen LogP contribution in [-0.4, -0.2) is 56.3 Å². The van der Waals surface area contributed by atoms with Gasteiger partial charge in [-0.05, 0) is 36.8 Å². The molecule has 4 heterocycles. The van der Waals surface area contributed by atoms with Gasteiger partial charge in [0.2, 0.25) is 0 Å². The van der Waals surface area contributed by atoms with Gasteiger partial charge in [-0.25, -0.2) is 0 Å². The number of hydrogen-bond acceptors (Lipinski definition) is 6. The van der Waals surface area contributed by atoms with E-state index in [0.717, 1.165) is 17.2 Å². The minimum Gasteiger partial charge on any atom is -0.458 e. The molecule has 1 aliphatic heterocycles. The summed E-state index contributed by atoms with van der Waals surface area (Å²) in [5.41, 5.74) is 1.38. The van der Waals surface area contributed by atoms with Crippen LogP contribution in [0.5, 0.6) is 0 Å². The fraction of sp³-hybridized carbons (Fsp3) is 0.316. The molecule has 1 amide bonds. The van der Waals surface area contributed by atoms with Crippen LogP contribution in [-0.2, 0) is 6.54 Å². The van der Waals surface area contributed by atoms with Gasteiger partial charge in [0.15, 0.2) is 5.76 Å². The Morgan fingerprint density at radius 1 is 1.22 bits per heavy atom. The first-order valence-corrected chi connectivity index (χ1v) is 8.87. The van der Waals surface area contributed by atoms with Crippen molar-refractivity contribution in [2.75, 3.05) is 13.1 Å². The minimum atomic E-state index is -0.497. The first kappa shape index (κ1) is 17.4. The number of H-pyrrole nitrogens is 1. The van der Waals surface area contributed by atoms with Gasteiger partial charge in [-0.3, -0.25) is 19.8 Å². The molecule has 1 fully saturated rings. The molecule has 0 bridgehead atoms. The van der Waals surface area contributed by atoms with Gasteiger partial charge in [0.1, 0.15) is 11.5 Å². The van der Waals surface area contributed by atoms with Crippen molar-refractivity contribution in [3.05, 3.63) is 60.2 Å². The third kappa shape index (κ3) is 4.24. The molecule has 8 heteroatoms. The summed E-state index contributed by atoms with van der Waals surface area (Å²) in [6, 6.07) is 8.88. The number of pyridine rings is 1. The van der Waals surface area contributed by atoms with Gasteiger partial charge in [0.05, 0.1) is 12.6 Å². The summed E-state index contributed by atoms with van der Waals surface area (Å²) in [5.74, 6) is 1.37. The van der Waals surface area contributed by atoms with Gasteiger partial charge in [0, 0.05) is 43.3 Å². The zero-order valence-electron chi connectivity index (χ0n) is 14.7. The number of aliphatic hydroxyl groups is 1. The second kappa shape index (κ2) is 7.73. The lowest BCUT2D eigenvalue weighted by atomic mass is 10.0. The van der Waals surface area contributed by atoms with Gasteiger partial charge < -0.3 is 14.8 Å². The maximum Gasteiger partial charge on any atom is 0.251 e. The Balaban J connectivity index is 1.38. The molecular formula is C19H21N5O3. The summed E-state index contributed by atoms with van der Waals surface area (Å²) in [6.07, 6.45) is 4.89. The maximum atomic E-state index is 12.4. The van der Waals surface area contributed by atoms with Crippen molar-refractivity contribution in [3.8, 4) is 11.5 Å². The highest BCUT2D eigenvalue weighted by Gasteiger charge is 2.28. The predicted octanol–water partition coefficient (Wildman–Crippen LogP) is 1.43. The van der Waals surface area contributed by atoms with Gasteiger partial charge in [-0.2, -0.15) is 5.10 Å². The molecule has 1 saturated heterocycles. The van der Waals surface area contributed by atoms with E-state index in [9.17, 15) is 9.90 Å². The summed E-state index contributed by atoms with van der Waals surface area (Å²) < 4.78 is 5.86. The van der Waals surface area contributed by atoms with E-state index in [1.54, 1.807) is 30.7 Å². The number of rotatable bonds is 5. The number of nitrogens with one attached hydrogen (secondary N) is 2. The van der Waals surface area contributed by atoms with Gasteiger partial charge >= 0.3 is 0 Å². The Morgan fingerprint density at radius 3 is 2.85 bits per heavy atom. The monoisotopic (exact) mass is 367 g/mol. The smallest absolute Gasteiger partial charge is 0.251 e. The number of likely N-dealkylation sites (tertiary alicyclic amines) is 1. The van der Waals surface area contributed by atoms with Crippen LogP contribution in [0, 0.1) is 0 Å². The fourth-order valence-electron chi connectivity index (χ4n) is 3.39. The van der Waals surface area contributed by atoms with Gasteiger partial charge in [0.25, 0.3) is 5.91 Å². The number of carbonyl (C=O) groups is 1. The quantitative estimate of drug-likeness (QED) is 0.630. The minimum absolute atomic E-state index is 0.128. The topological polar surface area (TPSA) is 107 Å². The Hall–Kier alpha value is -2.97. The van der Waals surface area contributed by atoms with E-state index in [1.807, 2.05) is 18.2 Å². The lowest BCUT2D eigenvalue weighted by Crippen LogP contribution is -2.52. The summed E-state index contributed by atoms with van der Waals surface area (Å²) in [4.78, 5) is 18.4. The Kier molecular flexibility index (Phi) is 4.99. The lowest BCUT2D eigenvalue weighted by Gasteiger charge is -2.35. The van der Waals surface area contributed by atoms with Crippen LogP contribution < -0.4 is 5.32 Å². The first-order valence-electron chi connectivity index (χ1n) is 8.87. The normalized spacial score (nSPS) is 20.5.